The lowest BCUT2D eigenvalue weighted by molar-refractivity contribution is 0.502. The summed E-state index contributed by atoms with van der Waals surface area (Å²) in [5.74, 6) is 0. The van der Waals surface area contributed by atoms with E-state index in [2.05, 4.69) is 51.9 Å². The van der Waals surface area contributed by atoms with Crippen LogP contribution in [0.2, 0.25) is 0 Å². The van der Waals surface area contributed by atoms with Gasteiger partial charge in [-0.25, -0.2) is 4.68 Å². The molecule has 3 nitrogen and oxygen atoms in total. The zero-order valence-corrected chi connectivity index (χ0v) is 9.42. The molecule has 0 fully saturated rings. The highest BCUT2D eigenvalue weighted by atomic mass is 15.4. The Labute approximate surface area is 80.1 Å². The molecule has 0 saturated heterocycles. The van der Waals surface area contributed by atoms with Crippen molar-refractivity contribution in [2.75, 3.05) is 0 Å². The van der Waals surface area contributed by atoms with Crippen LogP contribution < -0.4 is 0 Å². The molecule has 74 valence electrons. The largest absolute Gasteiger partial charge is 0.247 e. The molecule has 13 heavy (non-hydrogen) atoms. The molecule has 1 heterocycles. The van der Waals surface area contributed by atoms with Gasteiger partial charge >= 0.3 is 0 Å². The standard InChI is InChI=1S/C10H19N3/c1-7(2)13-8(3)9(11-12-13)10(4,5)6/h7H,1-6H3. The van der Waals surface area contributed by atoms with Gasteiger partial charge in [-0.1, -0.05) is 26.0 Å². The minimum atomic E-state index is 0.0945. The summed E-state index contributed by atoms with van der Waals surface area (Å²) in [4.78, 5) is 0. The molecule has 0 aliphatic rings. The number of hydrogen-bond acceptors (Lipinski definition) is 2. The monoisotopic (exact) mass is 181 g/mol. The van der Waals surface area contributed by atoms with E-state index in [4.69, 9.17) is 0 Å². The molecule has 1 rings (SSSR count). The quantitative estimate of drug-likeness (QED) is 0.666. The Morgan fingerprint density at radius 1 is 1.23 bits per heavy atom. The molecule has 0 unspecified atom stereocenters. The zero-order chi connectivity index (χ0) is 10.2. The maximum Gasteiger partial charge on any atom is 0.0909 e. The first-order chi connectivity index (χ1) is 5.84. The lowest BCUT2D eigenvalue weighted by atomic mass is 9.91. The minimum Gasteiger partial charge on any atom is -0.247 e. The minimum absolute atomic E-state index is 0.0945. The molecule has 1 aromatic heterocycles. The van der Waals surface area contributed by atoms with Crippen molar-refractivity contribution < 1.29 is 0 Å². The van der Waals surface area contributed by atoms with Crippen LogP contribution >= 0.6 is 0 Å². The van der Waals surface area contributed by atoms with E-state index in [0.29, 0.717) is 6.04 Å². The first kappa shape index (κ1) is 10.2. The average Bonchev–Trinajstić information content (AvgIpc) is 2.28. The fraction of sp³-hybridized carbons (Fsp3) is 0.800. The van der Waals surface area contributed by atoms with Crippen molar-refractivity contribution in [1.29, 1.82) is 0 Å². The van der Waals surface area contributed by atoms with Crippen molar-refractivity contribution in [2.45, 2.75) is 53.0 Å². The summed E-state index contributed by atoms with van der Waals surface area (Å²) >= 11 is 0. The van der Waals surface area contributed by atoms with Gasteiger partial charge in [0.2, 0.25) is 0 Å². The van der Waals surface area contributed by atoms with Gasteiger partial charge in [-0.3, -0.25) is 0 Å². The van der Waals surface area contributed by atoms with Gasteiger partial charge in [0.15, 0.2) is 0 Å². The second-order valence-electron chi connectivity index (χ2n) is 4.81. The molecular formula is C10H19N3. The van der Waals surface area contributed by atoms with Gasteiger partial charge in [0.1, 0.15) is 0 Å². The van der Waals surface area contributed by atoms with E-state index < -0.39 is 0 Å². The van der Waals surface area contributed by atoms with E-state index in [1.807, 2.05) is 4.68 Å². The first-order valence-corrected chi connectivity index (χ1v) is 4.76. The molecule has 0 amide bonds. The van der Waals surface area contributed by atoms with Gasteiger partial charge in [0, 0.05) is 11.5 Å². The van der Waals surface area contributed by atoms with Crippen LogP contribution in [0.15, 0.2) is 0 Å². The fourth-order valence-electron chi connectivity index (χ4n) is 1.52. The molecule has 0 saturated carbocycles. The molecule has 0 aliphatic heterocycles. The summed E-state index contributed by atoms with van der Waals surface area (Å²) in [5.41, 5.74) is 2.38. The maximum absolute atomic E-state index is 4.22. The predicted octanol–water partition coefficient (Wildman–Crippen LogP) is 2.46. The highest BCUT2D eigenvalue weighted by Crippen LogP contribution is 2.23. The Morgan fingerprint density at radius 3 is 2.00 bits per heavy atom. The van der Waals surface area contributed by atoms with Crippen LogP contribution in [0.5, 0.6) is 0 Å². The molecular weight excluding hydrogens is 162 g/mol. The Kier molecular flexibility index (Phi) is 2.46. The van der Waals surface area contributed by atoms with Crippen LogP contribution in [0.25, 0.3) is 0 Å². The van der Waals surface area contributed by atoms with Crippen molar-refractivity contribution in [3.8, 4) is 0 Å². The van der Waals surface area contributed by atoms with E-state index >= 15 is 0 Å². The topological polar surface area (TPSA) is 30.7 Å². The Balaban J connectivity index is 3.14. The van der Waals surface area contributed by atoms with Gasteiger partial charge in [-0.15, -0.1) is 5.10 Å². The van der Waals surface area contributed by atoms with Gasteiger partial charge in [-0.2, -0.15) is 0 Å². The molecule has 3 heteroatoms. The first-order valence-electron chi connectivity index (χ1n) is 4.76. The summed E-state index contributed by atoms with van der Waals surface area (Å²) in [6, 6.07) is 0.392. The van der Waals surface area contributed by atoms with Crippen LogP contribution in [0.4, 0.5) is 0 Å². The van der Waals surface area contributed by atoms with Gasteiger partial charge < -0.3 is 0 Å². The molecule has 0 spiro atoms. The molecule has 0 radical (unpaired) electrons. The van der Waals surface area contributed by atoms with Crippen molar-refractivity contribution >= 4 is 0 Å². The second-order valence-corrected chi connectivity index (χ2v) is 4.81. The van der Waals surface area contributed by atoms with Gasteiger partial charge in [-0.05, 0) is 20.8 Å². The highest BCUT2D eigenvalue weighted by molar-refractivity contribution is 5.17. The van der Waals surface area contributed by atoms with E-state index in [0.717, 1.165) is 5.69 Å². The van der Waals surface area contributed by atoms with E-state index in [1.54, 1.807) is 0 Å². The summed E-state index contributed by atoms with van der Waals surface area (Å²) in [7, 11) is 0. The van der Waals surface area contributed by atoms with Gasteiger partial charge in [0.25, 0.3) is 0 Å². The summed E-state index contributed by atoms with van der Waals surface area (Å²) in [5, 5.41) is 8.37. The number of nitrogens with zero attached hydrogens (tertiary/aromatic N) is 3. The van der Waals surface area contributed by atoms with Crippen LogP contribution in [-0.2, 0) is 5.41 Å². The van der Waals surface area contributed by atoms with Crippen molar-refractivity contribution in [1.82, 2.24) is 15.0 Å². The zero-order valence-electron chi connectivity index (χ0n) is 9.42. The predicted molar refractivity (Wildman–Crippen MR) is 53.8 cm³/mol. The third kappa shape index (κ3) is 1.90. The highest BCUT2D eigenvalue weighted by Gasteiger charge is 2.22. The second kappa shape index (κ2) is 3.13. The molecule has 0 bridgehead atoms. The van der Waals surface area contributed by atoms with Crippen LogP contribution in [0.1, 0.15) is 52.0 Å². The SMILES string of the molecule is Cc1c(C(C)(C)C)nnn1C(C)C. The number of hydrogen-bond donors (Lipinski definition) is 0. The van der Waals surface area contributed by atoms with Crippen LogP contribution in [-0.4, -0.2) is 15.0 Å². The molecule has 0 atom stereocenters. The molecule has 0 N–H and O–H groups in total. The number of aromatic nitrogens is 3. The lowest BCUT2D eigenvalue weighted by Crippen LogP contribution is -2.14. The smallest absolute Gasteiger partial charge is 0.0909 e. The van der Waals surface area contributed by atoms with Crippen molar-refractivity contribution in [3.63, 3.8) is 0 Å². The van der Waals surface area contributed by atoms with Crippen molar-refractivity contribution in [3.05, 3.63) is 11.4 Å². The van der Waals surface area contributed by atoms with Crippen LogP contribution in [0, 0.1) is 6.92 Å². The van der Waals surface area contributed by atoms with Crippen molar-refractivity contribution in [2.24, 2.45) is 0 Å². The Hall–Kier alpha value is -0.860. The van der Waals surface area contributed by atoms with Gasteiger partial charge in [0.05, 0.1) is 11.4 Å². The summed E-state index contributed by atoms with van der Waals surface area (Å²) in [6.07, 6.45) is 0. The third-order valence-corrected chi connectivity index (χ3v) is 2.13. The molecule has 0 aliphatic carbocycles. The maximum atomic E-state index is 4.22. The number of rotatable bonds is 1. The van der Waals surface area contributed by atoms with Crippen LogP contribution in [0.3, 0.4) is 0 Å². The van der Waals surface area contributed by atoms with E-state index in [1.165, 1.54) is 5.69 Å². The van der Waals surface area contributed by atoms with E-state index in [9.17, 15) is 0 Å². The summed E-state index contributed by atoms with van der Waals surface area (Å²) < 4.78 is 1.97. The fourth-order valence-corrected chi connectivity index (χ4v) is 1.52. The Morgan fingerprint density at radius 2 is 1.77 bits per heavy atom. The lowest BCUT2D eigenvalue weighted by Gasteiger charge is -2.16. The molecule has 1 aromatic rings. The normalized spacial score (nSPS) is 12.5. The third-order valence-electron chi connectivity index (χ3n) is 2.13. The average molecular weight is 181 g/mol. The molecule has 0 aromatic carbocycles. The van der Waals surface area contributed by atoms with E-state index in [-0.39, 0.29) is 5.41 Å². The Bertz CT molecular complexity index is 292. The summed E-state index contributed by atoms with van der Waals surface area (Å²) in [6.45, 7) is 12.8.